The Morgan fingerprint density at radius 1 is 1.22 bits per heavy atom. The molecule has 106 valence electrons. The fraction of sp³-hybridized carbons (Fsp3) is 1.00. The van der Waals surface area contributed by atoms with E-state index in [0.29, 0.717) is 18.2 Å². The van der Waals surface area contributed by atoms with E-state index in [1.807, 2.05) is 7.05 Å². The average Bonchev–Trinajstić information content (AvgIpc) is 2.77. The lowest BCUT2D eigenvalue weighted by Gasteiger charge is -2.40. The Morgan fingerprint density at radius 3 is 2.67 bits per heavy atom. The summed E-state index contributed by atoms with van der Waals surface area (Å²) >= 11 is 0. The van der Waals surface area contributed by atoms with E-state index in [2.05, 4.69) is 29.0 Å². The van der Waals surface area contributed by atoms with Crippen LogP contribution in [0.1, 0.15) is 26.7 Å². The molecule has 2 aliphatic rings. The quantitative estimate of drug-likeness (QED) is 0.786. The molecule has 2 aliphatic heterocycles. The van der Waals surface area contributed by atoms with Gasteiger partial charge in [-0.3, -0.25) is 9.80 Å². The Bertz CT molecular complexity index is 249. The van der Waals surface area contributed by atoms with Crippen LogP contribution in [0.3, 0.4) is 0 Å². The molecule has 0 saturated carbocycles. The van der Waals surface area contributed by atoms with Crippen molar-refractivity contribution < 1.29 is 4.74 Å². The molecule has 2 fully saturated rings. The Labute approximate surface area is 112 Å². The number of nitrogens with one attached hydrogen (secondary N) is 1. The molecule has 1 N–H and O–H groups in total. The van der Waals surface area contributed by atoms with Crippen molar-refractivity contribution in [3.05, 3.63) is 0 Å². The molecule has 2 saturated heterocycles. The van der Waals surface area contributed by atoms with Crippen LogP contribution in [0.25, 0.3) is 0 Å². The first-order chi connectivity index (χ1) is 8.72. The highest BCUT2D eigenvalue weighted by atomic mass is 16.5. The minimum absolute atomic E-state index is 0.439. The zero-order valence-corrected chi connectivity index (χ0v) is 12.2. The number of ether oxygens (including phenoxy) is 1. The van der Waals surface area contributed by atoms with Crippen molar-refractivity contribution in [2.45, 2.75) is 44.9 Å². The molecule has 0 radical (unpaired) electrons. The lowest BCUT2D eigenvalue weighted by molar-refractivity contribution is 0.00470. The number of piperazine rings is 1. The topological polar surface area (TPSA) is 27.7 Å². The zero-order chi connectivity index (χ0) is 13.0. The highest BCUT2D eigenvalue weighted by Crippen LogP contribution is 2.21. The predicted octanol–water partition coefficient (Wildman–Crippen LogP) is 0.779. The first kappa shape index (κ1) is 14.3. The van der Waals surface area contributed by atoms with Gasteiger partial charge in [0.15, 0.2) is 0 Å². The summed E-state index contributed by atoms with van der Waals surface area (Å²) in [6.07, 6.45) is 3.35. The van der Waals surface area contributed by atoms with Gasteiger partial charge in [-0.1, -0.05) is 6.92 Å². The van der Waals surface area contributed by atoms with Crippen molar-refractivity contribution in [1.82, 2.24) is 15.1 Å². The second-order valence-corrected chi connectivity index (χ2v) is 5.75. The third kappa shape index (κ3) is 3.67. The van der Waals surface area contributed by atoms with Gasteiger partial charge >= 0.3 is 0 Å². The lowest BCUT2D eigenvalue weighted by atomic mass is 10.1. The number of likely N-dealkylation sites (N-methyl/N-ethyl adjacent to an activating group) is 2. The smallest absolute Gasteiger partial charge is 0.0707 e. The molecule has 2 rings (SSSR count). The van der Waals surface area contributed by atoms with Crippen molar-refractivity contribution in [3.8, 4) is 0 Å². The maximum Gasteiger partial charge on any atom is 0.0707 e. The largest absolute Gasteiger partial charge is 0.372 e. The Morgan fingerprint density at radius 2 is 2.00 bits per heavy atom. The van der Waals surface area contributed by atoms with Gasteiger partial charge in [0.25, 0.3) is 0 Å². The molecule has 18 heavy (non-hydrogen) atoms. The van der Waals surface area contributed by atoms with Crippen LogP contribution in [-0.2, 0) is 4.74 Å². The molecule has 0 aromatic rings. The highest BCUT2D eigenvalue weighted by Gasteiger charge is 2.29. The normalized spacial score (nSPS) is 35.2. The van der Waals surface area contributed by atoms with Gasteiger partial charge in [0, 0.05) is 38.8 Å². The summed E-state index contributed by atoms with van der Waals surface area (Å²) in [4.78, 5) is 5.15. The highest BCUT2D eigenvalue weighted by molar-refractivity contribution is 4.83. The first-order valence-electron chi connectivity index (χ1n) is 7.49. The fourth-order valence-corrected chi connectivity index (χ4v) is 3.29. The third-order valence-corrected chi connectivity index (χ3v) is 4.34. The van der Waals surface area contributed by atoms with Crippen molar-refractivity contribution >= 4 is 0 Å². The summed E-state index contributed by atoms with van der Waals surface area (Å²) in [7, 11) is 2.00. The van der Waals surface area contributed by atoms with E-state index >= 15 is 0 Å². The van der Waals surface area contributed by atoms with Crippen LogP contribution in [0.5, 0.6) is 0 Å². The number of hydrogen-bond acceptors (Lipinski definition) is 4. The summed E-state index contributed by atoms with van der Waals surface area (Å²) in [6, 6.07) is 0.693. The molecule has 0 amide bonds. The molecule has 0 spiro atoms. The molecule has 2 heterocycles. The van der Waals surface area contributed by atoms with Gasteiger partial charge < -0.3 is 10.1 Å². The third-order valence-electron chi connectivity index (χ3n) is 4.34. The molecule has 0 aliphatic carbocycles. The van der Waals surface area contributed by atoms with Crippen molar-refractivity contribution in [3.63, 3.8) is 0 Å². The van der Waals surface area contributed by atoms with Gasteiger partial charge in [0.1, 0.15) is 0 Å². The second kappa shape index (κ2) is 6.85. The average molecular weight is 255 g/mol. The van der Waals surface area contributed by atoms with E-state index in [-0.39, 0.29) is 0 Å². The summed E-state index contributed by atoms with van der Waals surface area (Å²) < 4.78 is 6.08. The van der Waals surface area contributed by atoms with Gasteiger partial charge in [-0.25, -0.2) is 0 Å². The van der Waals surface area contributed by atoms with Gasteiger partial charge in [0.05, 0.1) is 12.2 Å². The lowest BCUT2D eigenvalue weighted by Crippen LogP contribution is -2.53. The standard InChI is InChI=1S/C14H29N3O/c1-4-17-8-7-16(10-12(17)2)11-14-6-5-13(18-14)9-15-3/h12-15H,4-11H2,1-3H3. The number of rotatable bonds is 5. The molecule has 4 nitrogen and oxygen atoms in total. The maximum atomic E-state index is 6.08. The Kier molecular flexibility index (Phi) is 5.42. The molecule has 0 bridgehead atoms. The number of hydrogen-bond donors (Lipinski definition) is 1. The van der Waals surface area contributed by atoms with Crippen LogP contribution < -0.4 is 5.32 Å². The van der Waals surface area contributed by atoms with Crippen molar-refractivity contribution in [2.75, 3.05) is 46.3 Å². The van der Waals surface area contributed by atoms with Crippen LogP contribution in [0.15, 0.2) is 0 Å². The van der Waals surface area contributed by atoms with Crippen LogP contribution in [0.2, 0.25) is 0 Å². The van der Waals surface area contributed by atoms with E-state index in [1.165, 1.54) is 39.0 Å². The molecular weight excluding hydrogens is 226 g/mol. The maximum absolute atomic E-state index is 6.08. The van der Waals surface area contributed by atoms with Gasteiger partial charge in [0.2, 0.25) is 0 Å². The van der Waals surface area contributed by atoms with Gasteiger partial charge in [-0.15, -0.1) is 0 Å². The van der Waals surface area contributed by atoms with Crippen molar-refractivity contribution in [2.24, 2.45) is 0 Å². The molecule has 4 heteroatoms. The minimum Gasteiger partial charge on any atom is -0.372 e. The van der Waals surface area contributed by atoms with Gasteiger partial charge in [-0.05, 0) is 33.4 Å². The van der Waals surface area contributed by atoms with Crippen molar-refractivity contribution in [1.29, 1.82) is 0 Å². The zero-order valence-electron chi connectivity index (χ0n) is 12.2. The molecular formula is C14H29N3O. The van der Waals surface area contributed by atoms with E-state index in [9.17, 15) is 0 Å². The van der Waals surface area contributed by atoms with E-state index in [1.54, 1.807) is 0 Å². The first-order valence-corrected chi connectivity index (χ1v) is 7.49. The molecule has 0 aromatic heterocycles. The number of nitrogens with zero attached hydrogens (tertiary/aromatic N) is 2. The second-order valence-electron chi connectivity index (χ2n) is 5.75. The summed E-state index contributed by atoms with van der Waals surface area (Å²) in [5.41, 5.74) is 0. The van der Waals surface area contributed by atoms with Gasteiger partial charge in [-0.2, -0.15) is 0 Å². The molecule has 3 atom stereocenters. The molecule has 3 unspecified atom stereocenters. The SMILES string of the molecule is CCN1CCN(CC2CCC(CNC)O2)CC1C. The minimum atomic E-state index is 0.439. The van der Waals surface area contributed by atoms with Crippen LogP contribution >= 0.6 is 0 Å². The fourth-order valence-electron chi connectivity index (χ4n) is 3.29. The van der Waals surface area contributed by atoms with E-state index in [4.69, 9.17) is 4.74 Å². The van der Waals surface area contributed by atoms with Crippen LogP contribution in [-0.4, -0.2) is 74.4 Å². The Balaban J connectivity index is 1.71. The summed E-state index contributed by atoms with van der Waals surface area (Å²) in [6.45, 7) is 11.5. The predicted molar refractivity (Wildman–Crippen MR) is 75.0 cm³/mol. The Hall–Kier alpha value is -0.160. The van der Waals surface area contributed by atoms with Crippen LogP contribution in [0, 0.1) is 0 Å². The summed E-state index contributed by atoms with van der Waals surface area (Å²) in [5.74, 6) is 0. The monoisotopic (exact) mass is 255 g/mol. The van der Waals surface area contributed by atoms with E-state index in [0.717, 1.165) is 13.1 Å². The van der Waals surface area contributed by atoms with Crippen LogP contribution in [0.4, 0.5) is 0 Å². The molecule has 0 aromatic carbocycles. The van der Waals surface area contributed by atoms with E-state index < -0.39 is 0 Å². The summed E-state index contributed by atoms with van der Waals surface area (Å²) in [5, 5.41) is 3.21.